The van der Waals surface area contributed by atoms with Gasteiger partial charge in [-0.25, -0.2) is 14.4 Å². The molecule has 1 aromatic heterocycles. The highest BCUT2D eigenvalue weighted by Crippen LogP contribution is 2.26. The van der Waals surface area contributed by atoms with Crippen molar-refractivity contribution in [2.45, 2.75) is 6.92 Å². The summed E-state index contributed by atoms with van der Waals surface area (Å²) in [6, 6.07) is 6.18. The average molecular weight is 289 g/mol. The molecule has 2 heterocycles. The van der Waals surface area contributed by atoms with Crippen LogP contribution in [0.5, 0.6) is 11.6 Å². The van der Waals surface area contributed by atoms with Gasteiger partial charge in [-0.1, -0.05) is 0 Å². The zero-order valence-corrected chi connectivity index (χ0v) is 11.8. The summed E-state index contributed by atoms with van der Waals surface area (Å²) in [7, 11) is 0. The Hall–Kier alpha value is -2.21. The molecular weight excluding hydrogens is 273 g/mol. The van der Waals surface area contributed by atoms with E-state index < -0.39 is 0 Å². The lowest BCUT2D eigenvalue weighted by Crippen LogP contribution is -2.36. The zero-order valence-electron chi connectivity index (χ0n) is 11.8. The average Bonchev–Trinajstić information content (AvgIpc) is 2.51. The number of halogens is 1. The van der Waals surface area contributed by atoms with E-state index in [-0.39, 0.29) is 5.82 Å². The maximum atomic E-state index is 13.1. The highest BCUT2D eigenvalue weighted by Gasteiger charge is 2.14. The minimum absolute atomic E-state index is 0.281. The van der Waals surface area contributed by atoms with Crippen molar-refractivity contribution in [2.24, 2.45) is 0 Å². The fourth-order valence-electron chi connectivity index (χ4n) is 2.19. The van der Waals surface area contributed by atoms with E-state index in [2.05, 4.69) is 14.9 Å². The maximum Gasteiger partial charge on any atom is 0.224 e. The molecule has 5 nitrogen and oxygen atoms in total. The van der Waals surface area contributed by atoms with Crippen molar-refractivity contribution in [1.29, 1.82) is 0 Å². The molecule has 0 atom stereocenters. The first kappa shape index (κ1) is 13.8. The van der Waals surface area contributed by atoms with Crippen LogP contribution < -0.4 is 9.64 Å². The molecule has 21 heavy (non-hydrogen) atoms. The Morgan fingerprint density at radius 1 is 1.19 bits per heavy atom. The minimum Gasteiger partial charge on any atom is -0.439 e. The molecule has 0 bridgehead atoms. The molecule has 1 aromatic carbocycles. The van der Waals surface area contributed by atoms with E-state index >= 15 is 0 Å². The van der Waals surface area contributed by atoms with Gasteiger partial charge in [0.1, 0.15) is 23.7 Å². The SMILES string of the molecule is Cc1cc(F)ccc1Oc1cc(N2CCOCC2)ncn1. The number of rotatable bonds is 3. The number of anilines is 1. The van der Waals surface area contributed by atoms with Crippen LogP contribution >= 0.6 is 0 Å². The van der Waals surface area contributed by atoms with E-state index in [1.165, 1.54) is 18.5 Å². The summed E-state index contributed by atoms with van der Waals surface area (Å²) in [5.74, 6) is 1.56. The molecule has 1 aliphatic rings. The molecule has 6 heteroatoms. The van der Waals surface area contributed by atoms with Crippen LogP contribution in [-0.2, 0) is 4.74 Å². The van der Waals surface area contributed by atoms with Crippen molar-refractivity contribution < 1.29 is 13.9 Å². The number of benzene rings is 1. The van der Waals surface area contributed by atoms with E-state index in [0.717, 1.165) is 24.5 Å². The predicted octanol–water partition coefficient (Wildman–Crippen LogP) is 2.55. The Kier molecular flexibility index (Phi) is 3.96. The van der Waals surface area contributed by atoms with Crippen LogP contribution in [0.4, 0.5) is 10.2 Å². The number of ether oxygens (including phenoxy) is 2. The highest BCUT2D eigenvalue weighted by atomic mass is 19.1. The maximum absolute atomic E-state index is 13.1. The standard InChI is InChI=1S/C15H16FN3O2/c1-11-8-12(16)2-3-13(11)21-15-9-14(17-10-18-15)19-4-6-20-7-5-19/h2-3,8-10H,4-7H2,1H3. The van der Waals surface area contributed by atoms with Gasteiger partial charge in [0, 0.05) is 19.2 Å². The van der Waals surface area contributed by atoms with E-state index in [0.29, 0.717) is 24.8 Å². The van der Waals surface area contributed by atoms with Gasteiger partial charge in [0.2, 0.25) is 5.88 Å². The van der Waals surface area contributed by atoms with Crippen LogP contribution in [0, 0.1) is 12.7 Å². The second-order valence-corrected chi connectivity index (χ2v) is 4.83. The molecule has 1 fully saturated rings. The molecule has 0 spiro atoms. The van der Waals surface area contributed by atoms with Crippen LogP contribution in [-0.4, -0.2) is 36.3 Å². The van der Waals surface area contributed by atoms with Gasteiger partial charge in [-0.3, -0.25) is 0 Å². The first-order valence-corrected chi connectivity index (χ1v) is 6.81. The number of aromatic nitrogens is 2. The fourth-order valence-corrected chi connectivity index (χ4v) is 2.19. The Bertz CT molecular complexity index is 630. The van der Waals surface area contributed by atoms with Crippen molar-refractivity contribution in [1.82, 2.24) is 9.97 Å². The second kappa shape index (κ2) is 6.05. The van der Waals surface area contributed by atoms with Gasteiger partial charge >= 0.3 is 0 Å². The van der Waals surface area contributed by atoms with Crippen LogP contribution in [0.1, 0.15) is 5.56 Å². The molecule has 0 amide bonds. The van der Waals surface area contributed by atoms with Gasteiger partial charge in [0.15, 0.2) is 0 Å². The van der Waals surface area contributed by atoms with E-state index in [1.54, 1.807) is 19.1 Å². The summed E-state index contributed by atoms with van der Waals surface area (Å²) in [6.45, 7) is 4.77. The van der Waals surface area contributed by atoms with Crippen LogP contribution in [0.3, 0.4) is 0 Å². The smallest absolute Gasteiger partial charge is 0.224 e. The largest absolute Gasteiger partial charge is 0.439 e. The quantitative estimate of drug-likeness (QED) is 0.869. The Morgan fingerprint density at radius 3 is 2.76 bits per heavy atom. The molecule has 0 aliphatic carbocycles. The van der Waals surface area contributed by atoms with Crippen LogP contribution in [0.15, 0.2) is 30.6 Å². The topological polar surface area (TPSA) is 47.5 Å². The first-order chi connectivity index (χ1) is 10.2. The lowest BCUT2D eigenvalue weighted by molar-refractivity contribution is 0.122. The van der Waals surface area contributed by atoms with E-state index in [1.807, 2.05) is 0 Å². The number of hydrogen-bond donors (Lipinski definition) is 0. The molecule has 0 N–H and O–H groups in total. The fraction of sp³-hybridized carbons (Fsp3) is 0.333. The number of nitrogens with zero attached hydrogens (tertiary/aromatic N) is 3. The third-order valence-corrected chi connectivity index (χ3v) is 3.31. The molecule has 0 radical (unpaired) electrons. The van der Waals surface area contributed by atoms with E-state index in [4.69, 9.17) is 9.47 Å². The molecule has 1 aliphatic heterocycles. The van der Waals surface area contributed by atoms with Crippen LogP contribution in [0.2, 0.25) is 0 Å². The summed E-state index contributed by atoms with van der Waals surface area (Å²) in [5.41, 5.74) is 0.724. The molecule has 3 rings (SSSR count). The summed E-state index contributed by atoms with van der Waals surface area (Å²) in [6.07, 6.45) is 1.47. The van der Waals surface area contributed by atoms with Gasteiger partial charge in [0.05, 0.1) is 13.2 Å². The molecule has 110 valence electrons. The van der Waals surface area contributed by atoms with Gasteiger partial charge in [-0.05, 0) is 30.7 Å². The number of morpholine rings is 1. The van der Waals surface area contributed by atoms with Crippen LogP contribution in [0.25, 0.3) is 0 Å². The summed E-state index contributed by atoms with van der Waals surface area (Å²) in [4.78, 5) is 10.5. The Labute approximate surface area is 122 Å². The zero-order chi connectivity index (χ0) is 14.7. The molecule has 0 saturated carbocycles. The van der Waals surface area contributed by atoms with Crippen molar-refractivity contribution in [2.75, 3.05) is 31.2 Å². The summed E-state index contributed by atoms with van der Waals surface area (Å²) < 4.78 is 24.1. The van der Waals surface area contributed by atoms with Gasteiger partial charge < -0.3 is 14.4 Å². The molecular formula is C15H16FN3O2. The molecule has 1 saturated heterocycles. The number of hydrogen-bond acceptors (Lipinski definition) is 5. The Balaban J connectivity index is 1.79. The molecule has 0 unspecified atom stereocenters. The van der Waals surface area contributed by atoms with Gasteiger partial charge in [-0.15, -0.1) is 0 Å². The van der Waals surface area contributed by atoms with Gasteiger partial charge in [0.25, 0.3) is 0 Å². The van der Waals surface area contributed by atoms with E-state index in [9.17, 15) is 4.39 Å². The first-order valence-electron chi connectivity index (χ1n) is 6.81. The van der Waals surface area contributed by atoms with Crippen molar-refractivity contribution in [3.05, 3.63) is 42.0 Å². The highest BCUT2D eigenvalue weighted by molar-refractivity contribution is 5.43. The monoisotopic (exact) mass is 289 g/mol. The lowest BCUT2D eigenvalue weighted by Gasteiger charge is -2.27. The summed E-state index contributed by atoms with van der Waals surface area (Å²) >= 11 is 0. The minimum atomic E-state index is -0.281. The van der Waals surface area contributed by atoms with Crippen molar-refractivity contribution in [3.8, 4) is 11.6 Å². The lowest BCUT2D eigenvalue weighted by atomic mass is 10.2. The molecule has 2 aromatic rings. The Morgan fingerprint density at radius 2 is 2.00 bits per heavy atom. The predicted molar refractivity (Wildman–Crippen MR) is 76.3 cm³/mol. The summed E-state index contributed by atoms with van der Waals surface area (Å²) in [5, 5.41) is 0. The third kappa shape index (κ3) is 3.28. The normalized spacial score (nSPS) is 15.0. The van der Waals surface area contributed by atoms with Crippen molar-refractivity contribution >= 4 is 5.82 Å². The van der Waals surface area contributed by atoms with Gasteiger partial charge in [-0.2, -0.15) is 0 Å². The third-order valence-electron chi connectivity index (χ3n) is 3.31. The second-order valence-electron chi connectivity index (χ2n) is 4.83. The van der Waals surface area contributed by atoms with Crippen molar-refractivity contribution in [3.63, 3.8) is 0 Å². The number of aryl methyl sites for hydroxylation is 1.